The Balaban J connectivity index is 2.52. The number of ketones is 1. The van der Waals surface area contributed by atoms with Crippen LogP contribution in [0.4, 0.5) is 10.1 Å². The molecule has 0 saturated carbocycles. The molecular formula is C19H21ClFN3O. The minimum Gasteiger partial charge on any atom is -0.396 e. The highest BCUT2D eigenvalue weighted by molar-refractivity contribution is 6.35. The van der Waals surface area contributed by atoms with Gasteiger partial charge >= 0.3 is 0 Å². The number of halogens is 2. The van der Waals surface area contributed by atoms with Crippen LogP contribution in [0.25, 0.3) is 0 Å². The van der Waals surface area contributed by atoms with E-state index in [-0.39, 0.29) is 22.1 Å². The number of hydrogen-bond donors (Lipinski definition) is 1. The average molecular weight is 362 g/mol. The van der Waals surface area contributed by atoms with Crippen molar-refractivity contribution in [3.8, 4) is 0 Å². The summed E-state index contributed by atoms with van der Waals surface area (Å²) < 4.78 is 14.4. The second kappa shape index (κ2) is 8.12. The lowest BCUT2D eigenvalue weighted by Crippen LogP contribution is -2.20. The van der Waals surface area contributed by atoms with Crippen molar-refractivity contribution < 1.29 is 9.18 Å². The molecule has 0 aliphatic carbocycles. The van der Waals surface area contributed by atoms with E-state index < -0.39 is 5.82 Å². The Bertz CT molecular complexity index is 796. The number of Topliss-reactive ketones (excluding diaryl/α,β-unsaturated/α-hetero) is 1. The number of carbonyl (C=O) groups excluding carboxylic acids is 1. The van der Waals surface area contributed by atoms with E-state index in [1.165, 1.54) is 30.3 Å². The van der Waals surface area contributed by atoms with E-state index >= 15 is 0 Å². The zero-order valence-corrected chi connectivity index (χ0v) is 15.1. The van der Waals surface area contributed by atoms with Crippen LogP contribution in [0, 0.1) is 5.82 Å². The van der Waals surface area contributed by atoms with Gasteiger partial charge in [-0.3, -0.25) is 4.79 Å². The highest BCUT2D eigenvalue weighted by Crippen LogP contribution is 2.29. The summed E-state index contributed by atoms with van der Waals surface area (Å²) in [5.41, 5.74) is 7.38. The van der Waals surface area contributed by atoms with Crippen molar-refractivity contribution in [3.05, 3.63) is 64.7 Å². The maximum absolute atomic E-state index is 14.4. The summed E-state index contributed by atoms with van der Waals surface area (Å²) >= 11 is 6.12. The van der Waals surface area contributed by atoms with E-state index in [9.17, 15) is 9.18 Å². The van der Waals surface area contributed by atoms with E-state index in [1.54, 1.807) is 12.2 Å². The molecule has 0 radical (unpaired) electrons. The third kappa shape index (κ3) is 3.99. The molecule has 1 aliphatic heterocycles. The minimum atomic E-state index is -0.620. The molecular weight excluding hydrogens is 341 g/mol. The van der Waals surface area contributed by atoms with Crippen LogP contribution in [0.2, 0.25) is 5.02 Å². The Kier molecular flexibility index (Phi) is 6.15. The van der Waals surface area contributed by atoms with Crippen molar-refractivity contribution in [3.63, 3.8) is 0 Å². The standard InChI is InChI=1S/C19H21ClFN3O/c1-4-6-7-13(12(3)25)17-11-10-16(23-24(17)5-2)18-14(20)8-9-15(22)19(18)21/h5,8-11H,2,4,6-7,22H2,1,3H3/b17-13+. The lowest BCUT2D eigenvalue weighted by atomic mass is 10.0. The number of anilines is 1. The van der Waals surface area contributed by atoms with Gasteiger partial charge in [-0.2, -0.15) is 5.10 Å². The number of carbonyl (C=O) groups is 1. The molecule has 0 spiro atoms. The third-order valence-electron chi connectivity index (χ3n) is 3.93. The van der Waals surface area contributed by atoms with Gasteiger partial charge in [0.25, 0.3) is 0 Å². The molecule has 0 saturated heterocycles. The number of nitrogens with zero attached hydrogens (tertiary/aromatic N) is 2. The zero-order chi connectivity index (χ0) is 18.6. The van der Waals surface area contributed by atoms with Crippen LogP contribution in [-0.4, -0.2) is 16.5 Å². The summed E-state index contributed by atoms with van der Waals surface area (Å²) in [5.74, 6) is -0.642. The molecule has 25 heavy (non-hydrogen) atoms. The molecule has 1 heterocycles. The van der Waals surface area contributed by atoms with Gasteiger partial charge < -0.3 is 5.73 Å². The Hall–Kier alpha value is -2.40. The highest BCUT2D eigenvalue weighted by Gasteiger charge is 2.22. The van der Waals surface area contributed by atoms with Crippen LogP contribution in [0.15, 0.2) is 53.4 Å². The Morgan fingerprint density at radius 1 is 1.44 bits per heavy atom. The van der Waals surface area contributed by atoms with Gasteiger partial charge in [0.15, 0.2) is 11.6 Å². The number of hydrogen-bond acceptors (Lipinski definition) is 4. The molecule has 4 nitrogen and oxygen atoms in total. The predicted molar refractivity (Wildman–Crippen MR) is 101 cm³/mol. The SMILES string of the molecule is C=CN1N=C(c2c(Cl)ccc(N)c2F)C=C/C1=C(/CCCC)C(C)=O. The molecule has 6 heteroatoms. The summed E-state index contributed by atoms with van der Waals surface area (Å²) in [6, 6.07) is 2.93. The molecule has 1 aliphatic rings. The van der Waals surface area contributed by atoms with E-state index in [2.05, 4.69) is 18.6 Å². The monoisotopic (exact) mass is 361 g/mol. The van der Waals surface area contributed by atoms with Crippen molar-refractivity contribution in [2.45, 2.75) is 33.1 Å². The van der Waals surface area contributed by atoms with E-state index in [0.717, 1.165) is 12.8 Å². The van der Waals surface area contributed by atoms with Crippen LogP contribution in [0.1, 0.15) is 38.7 Å². The Labute approximate surface area is 152 Å². The van der Waals surface area contributed by atoms with Crippen LogP contribution in [0.5, 0.6) is 0 Å². The molecule has 0 amide bonds. The van der Waals surface area contributed by atoms with Crippen molar-refractivity contribution in [1.29, 1.82) is 0 Å². The fraction of sp³-hybridized carbons (Fsp3) is 0.263. The van der Waals surface area contributed by atoms with E-state index in [0.29, 0.717) is 23.4 Å². The van der Waals surface area contributed by atoms with Gasteiger partial charge in [0.2, 0.25) is 0 Å². The molecule has 2 N–H and O–H groups in total. The van der Waals surface area contributed by atoms with E-state index in [4.69, 9.17) is 17.3 Å². The summed E-state index contributed by atoms with van der Waals surface area (Å²) in [6.45, 7) is 7.32. The summed E-state index contributed by atoms with van der Waals surface area (Å²) in [7, 11) is 0. The maximum Gasteiger partial charge on any atom is 0.157 e. The number of benzene rings is 1. The minimum absolute atomic E-state index is 0.00522. The van der Waals surface area contributed by atoms with Gasteiger partial charge in [-0.25, -0.2) is 9.40 Å². The van der Waals surface area contributed by atoms with Crippen LogP contribution >= 0.6 is 11.6 Å². The second-order valence-electron chi connectivity index (χ2n) is 5.69. The molecule has 0 aromatic heterocycles. The summed E-state index contributed by atoms with van der Waals surface area (Å²) in [5, 5.41) is 6.07. The van der Waals surface area contributed by atoms with Gasteiger partial charge in [-0.15, -0.1) is 0 Å². The molecule has 0 atom stereocenters. The largest absolute Gasteiger partial charge is 0.396 e. The number of rotatable bonds is 6. The second-order valence-corrected chi connectivity index (χ2v) is 6.10. The molecule has 2 rings (SSSR count). The molecule has 0 fully saturated rings. The first-order valence-corrected chi connectivity index (χ1v) is 8.44. The number of hydrazone groups is 1. The van der Waals surface area contributed by atoms with Gasteiger partial charge in [0.05, 0.1) is 27.7 Å². The predicted octanol–water partition coefficient (Wildman–Crippen LogP) is 4.81. The summed E-state index contributed by atoms with van der Waals surface area (Å²) in [4.78, 5) is 12.0. The van der Waals surface area contributed by atoms with Crippen molar-refractivity contribution in [1.82, 2.24) is 5.01 Å². The fourth-order valence-electron chi connectivity index (χ4n) is 2.59. The Morgan fingerprint density at radius 2 is 2.16 bits per heavy atom. The van der Waals surface area contributed by atoms with Crippen molar-refractivity contribution >= 4 is 28.8 Å². The number of nitrogen functional groups attached to an aromatic ring is 1. The summed E-state index contributed by atoms with van der Waals surface area (Å²) in [6.07, 6.45) is 7.35. The van der Waals surface area contributed by atoms with Crippen molar-refractivity contribution in [2.75, 3.05) is 5.73 Å². The van der Waals surface area contributed by atoms with Gasteiger partial charge in [0, 0.05) is 11.8 Å². The molecule has 1 aromatic carbocycles. The normalized spacial score (nSPS) is 15.8. The van der Waals surface area contributed by atoms with Gasteiger partial charge in [-0.05, 0) is 44.1 Å². The van der Waals surface area contributed by atoms with E-state index in [1.807, 2.05) is 0 Å². The topological polar surface area (TPSA) is 58.7 Å². The number of allylic oxidation sites excluding steroid dienone is 3. The van der Waals surface area contributed by atoms with Crippen LogP contribution in [0.3, 0.4) is 0 Å². The quantitative estimate of drug-likeness (QED) is 0.584. The van der Waals surface area contributed by atoms with Crippen molar-refractivity contribution in [2.24, 2.45) is 5.10 Å². The number of unbranched alkanes of at least 4 members (excludes halogenated alkanes) is 1. The highest BCUT2D eigenvalue weighted by atomic mass is 35.5. The van der Waals surface area contributed by atoms with Gasteiger partial charge in [-0.1, -0.05) is 31.5 Å². The smallest absolute Gasteiger partial charge is 0.157 e. The molecule has 0 unspecified atom stereocenters. The Morgan fingerprint density at radius 3 is 2.76 bits per heavy atom. The number of nitrogens with two attached hydrogens (primary N) is 1. The first kappa shape index (κ1) is 18.9. The zero-order valence-electron chi connectivity index (χ0n) is 14.4. The first-order chi connectivity index (χ1) is 11.9. The third-order valence-corrected chi connectivity index (χ3v) is 4.24. The molecule has 132 valence electrons. The molecule has 0 bridgehead atoms. The van der Waals surface area contributed by atoms with Gasteiger partial charge in [0.1, 0.15) is 0 Å². The van der Waals surface area contributed by atoms with Crippen LogP contribution < -0.4 is 5.73 Å². The average Bonchev–Trinajstić information content (AvgIpc) is 2.59. The fourth-order valence-corrected chi connectivity index (χ4v) is 2.83. The van der Waals surface area contributed by atoms with Crippen LogP contribution in [-0.2, 0) is 4.79 Å². The first-order valence-electron chi connectivity index (χ1n) is 8.07. The lowest BCUT2D eigenvalue weighted by Gasteiger charge is -2.24. The maximum atomic E-state index is 14.4. The lowest BCUT2D eigenvalue weighted by molar-refractivity contribution is -0.113. The molecule has 1 aromatic rings.